The second-order valence-corrected chi connectivity index (χ2v) is 6.26. The van der Waals surface area contributed by atoms with Gasteiger partial charge >= 0.3 is 5.97 Å². The van der Waals surface area contributed by atoms with E-state index in [9.17, 15) is 19.8 Å². The van der Waals surface area contributed by atoms with Gasteiger partial charge in [0.1, 0.15) is 5.75 Å². The smallest absolute Gasteiger partial charge is 0.306 e. The van der Waals surface area contributed by atoms with Crippen LogP contribution < -0.4 is 5.32 Å². The van der Waals surface area contributed by atoms with Crippen LogP contribution in [-0.2, 0) is 20.7 Å². The molecule has 3 N–H and O–H groups in total. The van der Waals surface area contributed by atoms with Crippen molar-refractivity contribution in [2.24, 2.45) is 5.92 Å². The van der Waals surface area contributed by atoms with Gasteiger partial charge in [-0.2, -0.15) is 0 Å². The Labute approximate surface area is 154 Å². The molecule has 6 heteroatoms. The average Bonchev–Trinajstić information content (AvgIpc) is 2.60. The van der Waals surface area contributed by atoms with Crippen molar-refractivity contribution in [3.63, 3.8) is 0 Å². The minimum absolute atomic E-state index is 0.00912. The van der Waals surface area contributed by atoms with E-state index >= 15 is 0 Å². The van der Waals surface area contributed by atoms with Gasteiger partial charge in [-0.05, 0) is 37.0 Å². The highest BCUT2D eigenvalue weighted by Gasteiger charge is 2.11. The molecular weight excluding hydrogens is 334 g/mol. The summed E-state index contributed by atoms with van der Waals surface area (Å²) in [6.45, 7) is 3.55. The van der Waals surface area contributed by atoms with Gasteiger partial charge in [-0.3, -0.25) is 9.59 Å². The summed E-state index contributed by atoms with van der Waals surface area (Å²) in [7, 11) is 1.35. The summed E-state index contributed by atoms with van der Waals surface area (Å²) >= 11 is 0. The van der Waals surface area contributed by atoms with Crippen LogP contribution in [0.25, 0.3) is 0 Å². The van der Waals surface area contributed by atoms with Crippen molar-refractivity contribution in [3.8, 4) is 5.75 Å². The molecule has 0 saturated heterocycles. The summed E-state index contributed by atoms with van der Waals surface area (Å²) in [6, 6.07) is 6.20. The second-order valence-electron chi connectivity index (χ2n) is 6.26. The van der Waals surface area contributed by atoms with Crippen molar-refractivity contribution >= 4 is 11.9 Å². The van der Waals surface area contributed by atoms with Gasteiger partial charge in [0.2, 0.25) is 5.91 Å². The predicted octanol–water partition coefficient (Wildman–Crippen LogP) is 2.11. The van der Waals surface area contributed by atoms with Crippen molar-refractivity contribution in [2.75, 3.05) is 13.7 Å². The fourth-order valence-electron chi connectivity index (χ4n) is 2.44. The normalized spacial score (nSPS) is 14.1. The van der Waals surface area contributed by atoms with Crippen LogP contribution in [0.3, 0.4) is 0 Å². The minimum atomic E-state index is -0.417. The molecule has 0 aliphatic heterocycles. The molecule has 1 rings (SSSR count). The quantitative estimate of drug-likeness (QED) is 0.356. The zero-order valence-corrected chi connectivity index (χ0v) is 15.4. The molecule has 0 fully saturated rings. The fourth-order valence-corrected chi connectivity index (χ4v) is 2.44. The van der Waals surface area contributed by atoms with Gasteiger partial charge in [0.05, 0.1) is 26.2 Å². The highest BCUT2D eigenvalue weighted by atomic mass is 16.5. The topological polar surface area (TPSA) is 95.9 Å². The maximum absolute atomic E-state index is 12.0. The van der Waals surface area contributed by atoms with E-state index in [-0.39, 0.29) is 36.6 Å². The van der Waals surface area contributed by atoms with Crippen molar-refractivity contribution in [1.29, 1.82) is 0 Å². The number of aliphatic hydroxyl groups is 1. The Morgan fingerprint density at radius 2 is 1.88 bits per heavy atom. The predicted molar refractivity (Wildman–Crippen MR) is 99.5 cm³/mol. The van der Waals surface area contributed by atoms with Crippen LogP contribution in [0.2, 0.25) is 0 Å². The Kier molecular flexibility index (Phi) is 9.15. The molecule has 0 saturated carbocycles. The van der Waals surface area contributed by atoms with Crippen LogP contribution in [-0.4, -0.2) is 41.8 Å². The number of aromatic hydroxyl groups is 1. The third kappa shape index (κ3) is 8.48. The highest BCUT2D eigenvalue weighted by molar-refractivity contribution is 5.88. The fraction of sp³-hybridized carbons (Fsp3) is 0.400. The molecule has 1 aromatic carbocycles. The number of amides is 1. The van der Waals surface area contributed by atoms with Gasteiger partial charge in [0.25, 0.3) is 0 Å². The van der Waals surface area contributed by atoms with Crippen LogP contribution in [0.4, 0.5) is 0 Å². The van der Waals surface area contributed by atoms with Gasteiger partial charge in [-0.1, -0.05) is 36.8 Å². The number of hydrogen-bond acceptors (Lipinski definition) is 5. The van der Waals surface area contributed by atoms with E-state index in [4.69, 9.17) is 0 Å². The van der Waals surface area contributed by atoms with E-state index in [2.05, 4.69) is 10.1 Å². The number of nitrogens with one attached hydrogen (secondary N) is 1. The number of hydrogen-bond donors (Lipinski definition) is 3. The summed E-state index contributed by atoms with van der Waals surface area (Å²) < 4.78 is 4.62. The summed E-state index contributed by atoms with van der Waals surface area (Å²) in [5.74, 6) is -0.403. The maximum atomic E-state index is 12.0. The number of carbonyl (C=O) groups is 2. The Hall–Kier alpha value is -2.60. The largest absolute Gasteiger partial charge is 0.508 e. The number of rotatable bonds is 9. The first-order valence-electron chi connectivity index (χ1n) is 8.46. The molecule has 142 valence electrons. The van der Waals surface area contributed by atoms with Crippen LogP contribution in [0.1, 0.15) is 25.8 Å². The average molecular weight is 361 g/mol. The highest BCUT2D eigenvalue weighted by Crippen LogP contribution is 2.12. The first kappa shape index (κ1) is 21.4. The molecule has 0 aliphatic rings. The molecule has 1 amide bonds. The zero-order valence-electron chi connectivity index (χ0n) is 15.4. The Bertz CT molecular complexity index is 649. The molecule has 2 atom stereocenters. The minimum Gasteiger partial charge on any atom is -0.508 e. The van der Waals surface area contributed by atoms with Gasteiger partial charge in [0.15, 0.2) is 0 Å². The van der Waals surface area contributed by atoms with E-state index < -0.39 is 6.04 Å². The lowest BCUT2D eigenvalue weighted by molar-refractivity contribution is -0.141. The standard InChI is InChI=1S/C20H27NO5/c1-14(10-15(2)11-20(25)26-3)4-9-19(24)21-17(13-22)12-16-5-7-18(23)8-6-16/h4-10,15,17,22-23H,11-13H2,1-3H3,(H,21,24)/b9-4+,14-10+/t15-,17-/m1/s1. The van der Waals surface area contributed by atoms with E-state index in [1.807, 2.05) is 19.9 Å². The number of carbonyl (C=O) groups excluding carboxylic acids is 2. The molecular formula is C20H27NO5. The van der Waals surface area contributed by atoms with E-state index in [0.717, 1.165) is 11.1 Å². The lowest BCUT2D eigenvalue weighted by Gasteiger charge is -2.15. The maximum Gasteiger partial charge on any atom is 0.306 e. The molecule has 26 heavy (non-hydrogen) atoms. The molecule has 0 heterocycles. The SMILES string of the molecule is COC(=O)C[C@H](C)/C=C(C)/C=C/C(=O)N[C@@H](CO)Cc1ccc(O)cc1. The molecule has 0 spiro atoms. The lowest BCUT2D eigenvalue weighted by atomic mass is 10.0. The van der Waals surface area contributed by atoms with Crippen LogP contribution >= 0.6 is 0 Å². The number of phenolic OH excluding ortho intramolecular Hbond substituents is 1. The van der Waals surface area contributed by atoms with Crippen LogP contribution in [0.15, 0.2) is 48.1 Å². The van der Waals surface area contributed by atoms with Gasteiger partial charge in [-0.25, -0.2) is 0 Å². The molecule has 6 nitrogen and oxygen atoms in total. The lowest BCUT2D eigenvalue weighted by Crippen LogP contribution is -2.38. The number of benzene rings is 1. The number of methoxy groups -OCH3 is 1. The first-order valence-corrected chi connectivity index (χ1v) is 8.46. The first-order chi connectivity index (χ1) is 12.3. The molecule has 1 aromatic rings. The van der Waals surface area contributed by atoms with Gasteiger partial charge in [0, 0.05) is 6.08 Å². The summed E-state index contributed by atoms with van der Waals surface area (Å²) in [6.07, 6.45) is 5.70. The summed E-state index contributed by atoms with van der Waals surface area (Å²) in [5, 5.41) is 21.5. The van der Waals surface area contributed by atoms with Crippen molar-refractivity contribution < 1.29 is 24.5 Å². The van der Waals surface area contributed by atoms with Crippen molar-refractivity contribution in [3.05, 3.63) is 53.6 Å². The second kappa shape index (κ2) is 11.1. The van der Waals surface area contributed by atoms with Crippen molar-refractivity contribution in [1.82, 2.24) is 5.32 Å². The molecule has 0 radical (unpaired) electrons. The number of allylic oxidation sites excluding steroid dienone is 3. The van der Waals surface area contributed by atoms with Crippen LogP contribution in [0, 0.1) is 5.92 Å². The van der Waals surface area contributed by atoms with Crippen molar-refractivity contribution in [2.45, 2.75) is 32.7 Å². The van der Waals surface area contributed by atoms with E-state index in [1.165, 1.54) is 13.2 Å². The number of ether oxygens (including phenoxy) is 1. The Morgan fingerprint density at radius 1 is 1.23 bits per heavy atom. The Morgan fingerprint density at radius 3 is 2.46 bits per heavy atom. The third-order valence-electron chi connectivity index (χ3n) is 3.75. The van der Waals surface area contributed by atoms with Gasteiger partial charge < -0.3 is 20.3 Å². The van der Waals surface area contributed by atoms with Crippen LogP contribution in [0.5, 0.6) is 5.75 Å². The molecule has 0 aliphatic carbocycles. The van der Waals surface area contributed by atoms with Gasteiger partial charge in [-0.15, -0.1) is 0 Å². The third-order valence-corrected chi connectivity index (χ3v) is 3.75. The monoisotopic (exact) mass is 361 g/mol. The summed E-state index contributed by atoms with van der Waals surface area (Å²) in [4.78, 5) is 23.2. The summed E-state index contributed by atoms with van der Waals surface area (Å²) in [5.41, 5.74) is 1.76. The number of esters is 1. The molecule has 0 bridgehead atoms. The number of phenols is 1. The van der Waals surface area contributed by atoms with E-state index in [0.29, 0.717) is 6.42 Å². The molecule has 0 unspecified atom stereocenters. The molecule has 0 aromatic heterocycles. The van der Waals surface area contributed by atoms with E-state index in [1.54, 1.807) is 30.3 Å². The zero-order chi connectivity index (χ0) is 19.5. The number of aliphatic hydroxyl groups excluding tert-OH is 1. The Balaban J connectivity index is 2.55.